The van der Waals surface area contributed by atoms with Crippen molar-refractivity contribution in [2.24, 2.45) is 5.73 Å². The van der Waals surface area contributed by atoms with Crippen molar-refractivity contribution < 1.29 is 26.5 Å². The Hall–Kier alpha value is -2.58. The number of hydrogen-bond donors (Lipinski definition) is 1. The lowest BCUT2D eigenvalue weighted by Gasteiger charge is -2.10. The summed E-state index contributed by atoms with van der Waals surface area (Å²) in [6.45, 7) is 5.15. The maximum atomic E-state index is 12.9. The molecular formula is C18H17ClFNO5S. The quantitative estimate of drug-likeness (QED) is 0.545. The molecule has 0 aromatic heterocycles. The highest BCUT2D eigenvalue weighted by molar-refractivity contribution is 7.86. The Morgan fingerprint density at radius 2 is 2.00 bits per heavy atom. The zero-order valence-corrected chi connectivity index (χ0v) is 15.9. The fourth-order valence-corrected chi connectivity index (χ4v) is 3.38. The minimum absolute atomic E-state index is 0.235. The highest BCUT2D eigenvalue weighted by atomic mass is 35.5. The van der Waals surface area contributed by atoms with Crippen LogP contribution in [0.4, 0.5) is 4.39 Å². The monoisotopic (exact) mass is 413 g/mol. The zero-order valence-electron chi connectivity index (χ0n) is 14.3. The number of ether oxygens (including phenoxy) is 1. The van der Waals surface area contributed by atoms with Gasteiger partial charge in [-0.15, -0.1) is 0 Å². The summed E-state index contributed by atoms with van der Waals surface area (Å²) in [5.41, 5.74) is 6.32. The normalized spacial score (nSPS) is 18.1. The third-order valence-electron chi connectivity index (χ3n) is 3.49. The van der Waals surface area contributed by atoms with Crippen molar-refractivity contribution >= 4 is 27.5 Å². The molecule has 0 spiro atoms. The summed E-state index contributed by atoms with van der Waals surface area (Å²) in [4.78, 5) is 12.5. The van der Waals surface area contributed by atoms with Crippen molar-refractivity contribution in [1.82, 2.24) is 0 Å². The van der Waals surface area contributed by atoms with Gasteiger partial charge < -0.3 is 14.7 Å². The van der Waals surface area contributed by atoms with Crippen LogP contribution in [-0.2, 0) is 29.6 Å². The number of allylic oxidation sites excluding steroid dienone is 3. The molecule has 0 bridgehead atoms. The van der Waals surface area contributed by atoms with E-state index < -0.39 is 45.2 Å². The van der Waals surface area contributed by atoms with Gasteiger partial charge in [-0.2, -0.15) is 8.42 Å². The van der Waals surface area contributed by atoms with Crippen LogP contribution in [0.5, 0.6) is 0 Å². The fourth-order valence-electron chi connectivity index (χ4n) is 2.24. The average molecular weight is 414 g/mol. The van der Waals surface area contributed by atoms with Gasteiger partial charge in [0.15, 0.2) is 6.10 Å². The molecule has 2 N–H and O–H groups in total. The zero-order chi connectivity index (χ0) is 20.2. The van der Waals surface area contributed by atoms with Crippen LogP contribution in [0, 0.1) is 5.82 Å². The first kappa shape index (κ1) is 20.7. The second kappa shape index (κ2) is 8.41. The Morgan fingerprint density at radius 3 is 2.56 bits per heavy atom. The minimum Gasteiger partial charge on any atom is -0.460 e. The van der Waals surface area contributed by atoms with E-state index in [1.54, 1.807) is 13.0 Å². The fraction of sp³-hybridized carbons (Fsp3) is 0.167. The molecule has 0 fully saturated rings. The van der Waals surface area contributed by atoms with Gasteiger partial charge in [0.25, 0.3) is 0 Å². The lowest BCUT2D eigenvalue weighted by atomic mass is 10.1. The van der Waals surface area contributed by atoms with Crippen molar-refractivity contribution in [3.8, 4) is 0 Å². The van der Waals surface area contributed by atoms with E-state index in [4.69, 9.17) is 26.3 Å². The minimum atomic E-state index is -4.21. The molecule has 1 aliphatic rings. The molecular weight excluding hydrogens is 397 g/mol. The molecule has 1 aromatic rings. The van der Waals surface area contributed by atoms with E-state index in [0.717, 1.165) is 12.1 Å². The number of rotatable bonds is 7. The predicted octanol–water partition coefficient (Wildman–Crippen LogP) is 3.02. The van der Waals surface area contributed by atoms with Gasteiger partial charge in [-0.1, -0.05) is 42.5 Å². The Balaban J connectivity index is 2.16. The van der Waals surface area contributed by atoms with Gasteiger partial charge in [-0.25, -0.2) is 4.39 Å². The Morgan fingerprint density at radius 1 is 1.37 bits per heavy atom. The summed E-state index contributed by atoms with van der Waals surface area (Å²) in [7, 11) is -4.21. The molecule has 1 unspecified atom stereocenters. The Bertz CT molecular complexity index is 948. The van der Waals surface area contributed by atoms with E-state index >= 15 is 0 Å². The van der Waals surface area contributed by atoms with Crippen LogP contribution in [0.2, 0.25) is 0 Å². The predicted molar refractivity (Wildman–Crippen MR) is 99.1 cm³/mol. The molecule has 144 valence electrons. The summed E-state index contributed by atoms with van der Waals surface area (Å²) < 4.78 is 47.5. The van der Waals surface area contributed by atoms with Crippen molar-refractivity contribution in [3.63, 3.8) is 0 Å². The summed E-state index contributed by atoms with van der Waals surface area (Å²) >= 11 is 5.66. The average Bonchev–Trinajstić information content (AvgIpc) is 2.85. The molecule has 1 heterocycles. The number of benzene rings is 1. The molecule has 1 atom stereocenters. The Labute approximate surface area is 161 Å². The Kier molecular flexibility index (Phi) is 6.45. The van der Waals surface area contributed by atoms with Crippen LogP contribution < -0.4 is 5.73 Å². The molecule has 27 heavy (non-hydrogen) atoms. The standard InChI is InChI=1S/C18H17ClFNO5S/c1-3-13(7-4-11(2)19)16-15(22)17(18(21)25-16)26-27(23,24)10-12-5-8-14(20)9-6-12/h3-9,16H,2,10,21H2,1H3/b7-4-,13-3+. The van der Waals surface area contributed by atoms with Crippen molar-refractivity contribution in [2.75, 3.05) is 0 Å². The van der Waals surface area contributed by atoms with Crippen molar-refractivity contribution in [1.29, 1.82) is 0 Å². The first-order valence-corrected chi connectivity index (χ1v) is 9.64. The van der Waals surface area contributed by atoms with Crippen LogP contribution in [0.3, 0.4) is 0 Å². The highest BCUT2D eigenvalue weighted by Gasteiger charge is 2.39. The second-order valence-corrected chi connectivity index (χ2v) is 7.59. The number of nitrogens with two attached hydrogens (primary N) is 1. The molecule has 6 nitrogen and oxygen atoms in total. The number of carbonyl (C=O) groups is 1. The first-order valence-electron chi connectivity index (χ1n) is 7.69. The van der Waals surface area contributed by atoms with Gasteiger partial charge in [-0.05, 0) is 36.3 Å². The molecule has 1 aliphatic heterocycles. The SMILES string of the molecule is C=C(Cl)/C=C\C(=C/C)C1OC(N)=C(OS(=O)(=O)Cc2ccc(F)cc2)C1=O. The van der Waals surface area contributed by atoms with E-state index in [1.807, 2.05) is 0 Å². The number of Topliss-reactive ketones (excluding diaryl/α,β-unsaturated/α-hetero) is 1. The molecule has 0 saturated heterocycles. The van der Waals surface area contributed by atoms with E-state index in [-0.39, 0.29) is 10.6 Å². The number of halogens is 2. The van der Waals surface area contributed by atoms with Crippen LogP contribution in [0.15, 0.2) is 71.3 Å². The van der Waals surface area contributed by atoms with Gasteiger partial charge in [-0.3, -0.25) is 4.79 Å². The van der Waals surface area contributed by atoms with E-state index in [0.29, 0.717) is 5.57 Å². The van der Waals surface area contributed by atoms with E-state index in [2.05, 4.69) is 6.58 Å². The summed E-state index contributed by atoms with van der Waals surface area (Å²) in [6.07, 6.45) is 3.38. The number of ketones is 1. The largest absolute Gasteiger partial charge is 0.460 e. The molecule has 2 rings (SSSR count). The third-order valence-corrected chi connectivity index (χ3v) is 4.72. The van der Waals surface area contributed by atoms with E-state index in [9.17, 15) is 17.6 Å². The van der Waals surface area contributed by atoms with Gasteiger partial charge >= 0.3 is 10.1 Å². The molecule has 0 saturated carbocycles. The summed E-state index contributed by atoms with van der Waals surface area (Å²) in [6, 6.07) is 4.83. The number of hydrogen-bond acceptors (Lipinski definition) is 6. The van der Waals surface area contributed by atoms with Gasteiger partial charge in [0.1, 0.15) is 11.6 Å². The molecule has 1 aromatic carbocycles. The molecule has 0 amide bonds. The number of carbonyl (C=O) groups excluding carboxylic acids is 1. The lowest BCUT2D eigenvalue weighted by molar-refractivity contribution is -0.121. The second-order valence-electron chi connectivity index (χ2n) is 5.54. The summed E-state index contributed by atoms with van der Waals surface area (Å²) in [5.74, 6) is -2.85. The third kappa shape index (κ3) is 5.45. The maximum Gasteiger partial charge on any atom is 0.313 e. The van der Waals surface area contributed by atoms with Crippen molar-refractivity contribution in [3.05, 3.63) is 82.7 Å². The molecule has 0 aliphatic carbocycles. The van der Waals surface area contributed by atoms with Crippen molar-refractivity contribution in [2.45, 2.75) is 18.8 Å². The van der Waals surface area contributed by atoms with Gasteiger partial charge in [0.05, 0.1) is 0 Å². The van der Waals surface area contributed by atoms with Gasteiger partial charge in [0, 0.05) is 5.03 Å². The first-order chi connectivity index (χ1) is 12.6. The van der Waals surface area contributed by atoms with Crippen LogP contribution in [0.25, 0.3) is 0 Å². The highest BCUT2D eigenvalue weighted by Crippen LogP contribution is 2.27. The van der Waals surface area contributed by atoms with Crippen LogP contribution in [-0.4, -0.2) is 20.3 Å². The van der Waals surface area contributed by atoms with E-state index in [1.165, 1.54) is 24.3 Å². The lowest BCUT2D eigenvalue weighted by Crippen LogP contribution is -2.22. The van der Waals surface area contributed by atoms with Crippen LogP contribution in [0.1, 0.15) is 12.5 Å². The topological polar surface area (TPSA) is 95.7 Å². The molecule has 0 radical (unpaired) electrons. The smallest absolute Gasteiger partial charge is 0.313 e. The summed E-state index contributed by atoms with van der Waals surface area (Å²) in [5, 5.41) is 0.235. The van der Waals surface area contributed by atoms with Crippen LogP contribution >= 0.6 is 11.6 Å². The molecule has 9 heteroatoms. The maximum absolute atomic E-state index is 12.9. The van der Waals surface area contributed by atoms with Gasteiger partial charge in [0.2, 0.25) is 17.4 Å².